The second kappa shape index (κ2) is 9.20. The van der Waals surface area contributed by atoms with E-state index >= 15 is 0 Å². The lowest BCUT2D eigenvalue weighted by atomic mass is 9.97. The van der Waals surface area contributed by atoms with Crippen LogP contribution in [0.1, 0.15) is 29.5 Å². The van der Waals surface area contributed by atoms with E-state index in [9.17, 15) is 9.59 Å². The summed E-state index contributed by atoms with van der Waals surface area (Å²) < 4.78 is 5.24. The van der Waals surface area contributed by atoms with Crippen LogP contribution in [0.3, 0.4) is 0 Å². The van der Waals surface area contributed by atoms with Gasteiger partial charge in [-0.05, 0) is 56.0 Å². The summed E-state index contributed by atoms with van der Waals surface area (Å²) in [6.07, 6.45) is 2.82. The molecule has 1 aliphatic rings. The fourth-order valence-electron chi connectivity index (χ4n) is 3.29. The van der Waals surface area contributed by atoms with Crippen molar-refractivity contribution in [3.63, 3.8) is 0 Å². The summed E-state index contributed by atoms with van der Waals surface area (Å²) in [6.45, 7) is 4.93. The van der Waals surface area contributed by atoms with Gasteiger partial charge in [-0.1, -0.05) is 12.1 Å². The van der Waals surface area contributed by atoms with E-state index in [-0.39, 0.29) is 24.4 Å². The second-order valence-electron chi connectivity index (χ2n) is 7.25. The molecule has 1 amide bonds. The molecule has 7 heteroatoms. The van der Waals surface area contributed by atoms with Gasteiger partial charge in [-0.2, -0.15) is 5.26 Å². The molecule has 3 rings (SSSR count). The highest BCUT2D eigenvalue weighted by Crippen LogP contribution is 2.23. The van der Waals surface area contributed by atoms with Crippen molar-refractivity contribution in [1.82, 2.24) is 4.98 Å². The van der Waals surface area contributed by atoms with Gasteiger partial charge in [0.2, 0.25) is 0 Å². The fraction of sp³-hybridized carbons (Fsp3) is 0.364. The topological polar surface area (TPSA) is 95.3 Å². The number of aromatic nitrogens is 1. The summed E-state index contributed by atoms with van der Waals surface area (Å²) in [5, 5.41) is 11.6. The van der Waals surface area contributed by atoms with Crippen molar-refractivity contribution in [3.05, 3.63) is 53.2 Å². The van der Waals surface area contributed by atoms with E-state index in [4.69, 9.17) is 10.00 Å². The molecule has 1 fully saturated rings. The number of benzene rings is 1. The highest BCUT2D eigenvalue weighted by molar-refractivity contribution is 5.93. The predicted octanol–water partition coefficient (Wildman–Crippen LogP) is 2.97. The SMILES string of the molecule is Cc1ccc(C)c(NC(=O)COC(=O)C2CCN(c3ccc(C#N)cn3)CC2)c1. The molecule has 2 heterocycles. The number of aryl methyl sites for hydroxylation is 2. The van der Waals surface area contributed by atoms with Gasteiger partial charge in [-0.25, -0.2) is 4.98 Å². The summed E-state index contributed by atoms with van der Waals surface area (Å²) in [7, 11) is 0. The Morgan fingerprint density at radius 3 is 2.66 bits per heavy atom. The molecule has 0 unspecified atom stereocenters. The Balaban J connectivity index is 1.45. The summed E-state index contributed by atoms with van der Waals surface area (Å²) in [4.78, 5) is 30.8. The van der Waals surface area contributed by atoms with Gasteiger partial charge in [0, 0.05) is 25.0 Å². The number of pyridine rings is 1. The summed E-state index contributed by atoms with van der Waals surface area (Å²) in [5.41, 5.74) is 3.26. The molecule has 2 aromatic rings. The molecule has 29 heavy (non-hydrogen) atoms. The van der Waals surface area contributed by atoms with Crippen molar-refractivity contribution in [3.8, 4) is 6.07 Å². The number of esters is 1. The predicted molar refractivity (Wildman–Crippen MR) is 109 cm³/mol. The molecule has 0 atom stereocenters. The number of carbonyl (C=O) groups excluding carboxylic acids is 2. The van der Waals surface area contributed by atoms with Crippen LogP contribution in [0.5, 0.6) is 0 Å². The van der Waals surface area contributed by atoms with Crippen molar-refractivity contribution in [2.45, 2.75) is 26.7 Å². The number of hydrogen-bond donors (Lipinski definition) is 1. The largest absolute Gasteiger partial charge is 0.455 e. The number of nitriles is 1. The molecular weight excluding hydrogens is 368 g/mol. The van der Waals surface area contributed by atoms with Crippen LogP contribution in [-0.4, -0.2) is 36.6 Å². The maximum absolute atomic E-state index is 12.3. The summed E-state index contributed by atoms with van der Waals surface area (Å²) in [6, 6.07) is 11.4. The van der Waals surface area contributed by atoms with Crippen LogP contribution in [0.25, 0.3) is 0 Å². The van der Waals surface area contributed by atoms with Gasteiger partial charge in [0.05, 0.1) is 11.5 Å². The van der Waals surface area contributed by atoms with Crippen LogP contribution < -0.4 is 10.2 Å². The van der Waals surface area contributed by atoms with Gasteiger partial charge in [0.1, 0.15) is 11.9 Å². The average Bonchev–Trinajstić information content (AvgIpc) is 2.75. The van der Waals surface area contributed by atoms with Crippen LogP contribution in [-0.2, 0) is 14.3 Å². The number of piperidine rings is 1. The number of rotatable bonds is 5. The number of carbonyl (C=O) groups is 2. The van der Waals surface area contributed by atoms with Crippen molar-refractivity contribution in [2.75, 3.05) is 29.9 Å². The highest BCUT2D eigenvalue weighted by atomic mass is 16.5. The summed E-state index contributed by atoms with van der Waals surface area (Å²) in [5.74, 6) is -0.110. The van der Waals surface area contributed by atoms with E-state index in [1.54, 1.807) is 12.3 Å². The molecule has 150 valence electrons. The normalized spacial score (nSPS) is 14.2. The lowest BCUT2D eigenvalue weighted by Crippen LogP contribution is -2.38. The maximum Gasteiger partial charge on any atom is 0.309 e. The first-order chi connectivity index (χ1) is 14.0. The number of nitrogens with zero attached hydrogens (tertiary/aromatic N) is 3. The number of hydrogen-bond acceptors (Lipinski definition) is 6. The van der Waals surface area contributed by atoms with Crippen molar-refractivity contribution < 1.29 is 14.3 Å². The van der Waals surface area contributed by atoms with Crippen LogP contribution in [0.15, 0.2) is 36.5 Å². The van der Waals surface area contributed by atoms with Gasteiger partial charge in [0.15, 0.2) is 6.61 Å². The minimum Gasteiger partial charge on any atom is -0.455 e. The number of anilines is 2. The third-order valence-corrected chi connectivity index (χ3v) is 5.04. The van der Waals surface area contributed by atoms with Crippen molar-refractivity contribution in [2.24, 2.45) is 5.92 Å². The van der Waals surface area contributed by atoms with Crippen molar-refractivity contribution in [1.29, 1.82) is 5.26 Å². The van der Waals surface area contributed by atoms with E-state index < -0.39 is 0 Å². The summed E-state index contributed by atoms with van der Waals surface area (Å²) >= 11 is 0. The van der Waals surface area contributed by atoms with Crippen LogP contribution >= 0.6 is 0 Å². The van der Waals surface area contributed by atoms with Gasteiger partial charge >= 0.3 is 5.97 Å². The Hall–Kier alpha value is -3.40. The lowest BCUT2D eigenvalue weighted by Gasteiger charge is -2.31. The third kappa shape index (κ3) is 5.32. The van der Waals surface area contributed by atoms with Gasteiger partial charge in [-0.3, -0.25) is 9.59 Å². The highest BCUT2D eigenvalue weighted by Gasteiger charge is 2.27. The first-order valence-corrected chi connectivity index (χ1v) is 9.61. The van der Waals surface area contributed by atoms with Crippen LogP contribution in [0, 0.1) is 31.1 Å². The zero-order chi connectivity index (χ0) is 20.8. The molecule has 0 aliphatic carbocycles. The zero-order valence-corrected chi connectivity index (χ0v) is 16.6. The quantitative estimate of drug-likeness (QED) is 0.786. The molecule has 0 saturated carbocycles. The van der Waals surface area contributed by atoms with Gasteiger partial charge in [-0.15, -0.1) is 0 Å². The Bertz CT molecular complexity index is 926. The minimum absolute atomic E-state index is 0.224. The first-order valence-electron chi connectivity index (χ1n) is 9.61. The van der Waals surface area contributed by atoms with E-state index in [2.05, 4.69) is 15.2 Å². The van der Waals surface area contributed by atoms with E-state index in [1.807, 2.05) is 44.2 Å². The Kier molecular flexibility index (Phi) is 6.45. The molecule has 1 aromatic heterocycles. The molecule has 1 N–H and O–H groups in total. The molecular formula is C22H24N4O3. The monoisotopic (exact) mass is 392 g/mol. The van der Waals surface area contributed by atoms with E-state index in [1.165, 1.54) is 0 Å². The minimum atomic E-state index is -0.341. The van der Waals surface area contributed by atoms with Gasteiger partial charge < -0.3 is 15.0 Å². The molecule has 1 aromatic carbocycles. The third-order valence-electron chi connectivity index (χ3n) is 5.04. The molecule has 0 radical (unpaired) electrons. The maximum atomic E-state index is 12.3. The fourth-order valence-corrected chi connectivity index (χ4v) is 3.29. The number of ether oxygens (including phenoxy) is 1. The Morgan fingerprint density at radius 1 is 1.24 bits per heavy atom. The number of amides is 1. The van der Waals surface area contributed by atoms with E-state index in [0.717, 1.165) is 22.6 Å². The Morgan fingerprint density at radius 2 is 2.00 bits per heavy atom. The molecule has 1 saturated heterocycles. The van der Waals surface area contributed by atoms with E-state index in [0.29, 0.717) is 31.5 Å². The number of nitrogens with one attached hydrogen (secondary N) is 1. The zero-order valence-electron chi connectivity index (χ0n) is 16.6. The second-order valence-corrected chi connectivity index (χ2v) is 7.25. The van der Waals surface area contributed by atoms with Gasteiger partial charge in [0.25, 0.3) is 5.91 Å². The van der Waals surface area contributed by atoms with Crippen LogP contribution in [0.2, 0.25) is 0 Å². The van der Waals surface area contributed by atoms with Crippen LogP contribution in [0.4, 0.5) is 11.5 Å². The lowest BCUT2D eigenvalue weighted by molar-refractivity contribution is -0.152. The Labute approximate surface area is 170 Å². The van der Waals surface area contributed by atoms with Crippen molar-refractivity contribution >= 4 is 23.4 Å². The smallest absolute Gasteiger partial charge is 0.309 e. The molecule has 0 spiro atoms. The average molecular weight is 392 g/mol. The standard InChI is InChI=1S/C22H24N4O3/c1-15-3-4-16(2)19(11-15)25-21(27)14-29-22(28)18-7-9-26(10-8-18)20-6-5-17(12-23)13-24-20/h3-6,11,13,18H,7-10,14H2,1-2H3,(H,25,27). The molecule has 1 aliphatic heterocycles. The molecule has 7 nitrogen and oxygen atoms in total. The molecule has 0 bridgehead atoms. The first kappa shape index (κ1) is 20.3.